The summed E-state index contributed by atoms with van der Waals surface area (Å²) in [4.78, 5) is 0. The van der Waals surface area contributed by atoms with Gasteiger partial charge >= 0.3 is 0 Å². The van der Waals surface area contributed by atoms with Crippen LogP contribution in [0, 0.1) is 6.92 Å². The van der Waals surface area contributed by atoms with Gasteiger partial charge in [-0.25, -0.2) is 10.0 Å². The van der Waals surface area contributed by atoms with E-state index in [2.05, 4.69) is 60.4 Å². The number of nitrogens with one attached hydrogen (secondary N) is 1. The van der Waals surface area contributed by atoms with Crippen molar-refractivity contribution in [3.05, 3.63) is 35.4 Å². The Morgan fingerprint density at radius 3 is 2.30 bits per heavy atom. The first kappa shape index (κ1) is 20.8. The van der Waals surface area contributed by atoms with E-state index in [-0.39, 0.29) is 11.8 Å². The fourth-order valence-electron chi connectivity index (χ4n) is 4.52. The second-order valence-electron chi connectivity index (χ2n) is 8.25. The molecule has 2 aliphatic heterocycles. The lowest BCUT2D eigenvalue weighted by atomic mass is 9.84. The van der Waals surface area contributed by atoms with E-state index in [4.69, 9.17) is 4.74 Å². The summed E-state index contributed by atoms with van der Waals surface area (Å²) in [7, 11) is 0. The van der Waals surface area contributed by atoms with Gasteiger partial charge in [-0.1, -0.05) is 69.4 Å². The van der Waals surface area contributed by atoms with Crippen molar-refractivity contribution in [3.63, 3.8) is 0 Å². The van der Waals surface area contributed by atoms with Crippen molar-refractivity contribution in [3.8, 4) is 0 Å². The van der Waals surface area contributed by atoms with Crippen LogP contribution >= 0.6 is 0 Å². The maximum atomic E-state index is 6.36. The number of unbranched alkanes of at least 4 members (excludes halogenated alkanes) is 4. The van der Waals surface area contributed by atoms with Crippen molar-refractivity contribution in [1.82, 2.24) is 15.3 Å². The van der Waals surface area contributed by atoms with Crippen LogP contribution < -0.4 is 5.32 Å². The van der Waals surface area contributed by atoms with Gasteiger partial charge in [0, 0.05) is 26.2 Å². The molecule has 1 aromatic rings. The third-order valence-electron chi connectivity index (χ3n) is 6.18. The second kappa shape index (κ2) is 10.0. The minimum absolute atomic E-state index is 0.0636. The van der Waals surface area contributed by atoms with Crippen LogP contribution in [0.15, 0.2) is 24.3 Å². The van der Waals surface area contributed by atoms with Crippen molar-refractivity contribution >= 4 is 0 Å². The Labute approximate surface area is 166 Å². The highest BCUT2D eigenvalue weighted by Gasteiger charge is 2.55. The summed E-state index contributed by atoms with van der Waals surface area (Å²) in [6.45, 7) is 11.9. The molecule has 0 radical (unpaired) electrons. The van der Waals surface area contributed by atoms with Crippen LogP contribution in [0.5, 0.6) is 0 Å². The SMILES string of the molecule is CCCCCN(CCCCC)N1CCC12NCCOC2c1ccc(C)cc1. The third kappa shape index (κ3) is 4.73. The van der Waals surface area contributed by atoms with E-state index in [1.807, 2.05) is 0 Å². The Hall–Kier alpha value is -0.940. The molecule has 2 fully saturated rings. The van der Waals surface area contributed by atoms with Gasteiger partial charge in [0.2, 0.25) is 0 Å². The lowest BCUT2D eigenvalue weighted by Gasteiger charge is -2.61. The van der Waals surface area contributed by atoms with Gasteiger partial charge in [0.25, 0.3) is 0 Å². The number of morpholine rings is 1. The number of hydrogen-bond acceptors (Lipinski definition) is 4. The molecule has 0 amide bonds. The van der Waals surface area contributed by atoms with Gasteiger partial charge in [-0.05, 0) is 31.7 Å². The number of benzene rings is 1. The standard InChI is InChI=1S/C23H39N3O/c1-4-6-8-16-25(17-9-7-5-2)26-18-14-23(26)22(27-19-15-24-23)21-12-10-20(3)11-13-21/h10-13,22,24H,4-9,14-19H2,1-3H3. The molecule has 0 aliphatic carbocycles. The zero-order valence-electron chi connectivity index (χ0n) is 17.7. The number of nitrogens with zero attached hydrogens (tertiary/aromatic N) is 2. The molecule has 4 heteroatoms. The fourth-order valence-corrected chi connectivity index (χ4v) is 4.52. The van der Waals surface area contributed by atoms with Crippen molar-refractivity contribution in [2.75, 3.05) is 32.8 Å². The molecule has 0 bridgehead atoms. The summed E-state index contributed by atoms with van der Waals surface area (Å²) in [5.41, 5.74) is 2.55. The average molecular weight is 374 g/mol. The molecule has 27 heavy (non-hydrogen) atoms. The second-order valence-corrected chi connectivity index (χ2v) is 8.25. The molecule has 2 atom stereocenters. The van der Waals surface area contributed by atoms with Crippen LogP contribution in [-0.2, 0) is 4.74 Å². The molecule has 1 spiro atoms. The number of hydrazine groups is 1. The first-order valence-corrected chi connectivity index (χ1v) is 11.2. The molecule has 0 aromatic heterocycles. The van der Waals surface area contributed by atoms with Crippen LogP contribution in [0.1, 0.15) is 76.0 Å². The van der Waals surface area contributed by atoms with Gasteiger partial charge in [-0.3, -0.25) is 5.32 Å². The number of ether oxygens (including phenoxy) is 1. The van der Waals surface area contributed by atoms with Gasteiger partial charge < -0.3 is 4.74 Å². The Balaban J connectivity index is 1.76. The topological polar surface area (TPSA) is 27.7 Å². The van der Waals surface area contributed by atoms with Crippen LogP contribution in [0.3, 0.4) is 0 Å². The van der Waals surface area contributed by atoms with Gasteiger partial charge in [0.15, 0.2) is 0 Å². The first-order valence-electron chi connectivity index (χ1n) is 11.2. The smallest absolute Gasteiger partial charge is 0.117 e. The normalized spacial score (nSPS) is 25.9. The van der Waals surface area contributed by atoms with Crippen molar-refractivity contribution in [2.45, 2.75) is 77.5 Å². The van der Waals surface area contributed by atoms with Gasteiger partial charge in [-0.15, -0.1) is 0 Å². The van der Waals surface area contributed by atoms with Gasteiger partial charge in [-0.2, -0.15) is 0 Å². The molecule has 2 saturated heterocycles. The van der Waals surface area contributed by atoms with E-state index in [0.29, 0.717) is 0 Å². The number of rotatable bonds is 10. The van der Waals surface area contributed by atoms with Crippen molar-refractivity contribution in [1.29, 1.82) is 0 Å². The lowest BCUT2D eigenvalue weighted by Crippen LogP contribution is -2.77. The monoisotopic (exact) mass is 373 g/mol. The molecule has 0 saturated carbocycles. The van der Waals surface area contributed by atoms with Crippen molar-refractivity contribution < 1.29 is 4.74 Å². The predicted molar refractivity (Wildman–Crippen MR) is 113 cm³/mol. The van der Waals surface area contributed by atoms with E-state index < -0.39 is 0 Å². The summed E-state index contributed by atoms with van der Waals surface area (Å²) < 4.78 is 6.36. The minimum atomic E-state index is -0.0636. The molecular weight excluding hydrogens is 334 g/mol. The Morgan fingerprint density at radius 1 is 1.07 bits per heavy atom. The van der Waals surface area contributed by atoms with Crippen molar-refractivity contribution in [2.24, 2.45) is 0 Å². The summed E-state index contributed by atoms with van der Waals surface area (Å²) in [6.07, 6.45) is 9.02. The van der Waals surface area contributed by atoms with Crippen LogP contribution in [-0.4, -0.2) is 48.5 Å². The maximum absolute atomic E-state index is 6.36. The molecule has 3 rings (SSSR count). The highest BCUT2D eigenvalue weighted by atomic mass is 16.5. The molecule has 2 heterocycles. The molecule has 2 unspecified atom stereocenters. The molecular formula is C23H39N3O. The Morgan fingerprint density at radius 2 is 1.74 bits per heavy atom. The largest absolute Gasteiger partial charge is 0.369 e. The summed E-state index contributed by atoms with van der Waals surface area (Å²) in [6, 6.07) is 8.93. The van der Waals surface area contributed by atoms with Gasteiger partial charge in [0.05, 0.1) is 6.61 Å². The third-order valence-corrected chi connectivity index (χ3v) is 6.18. The van der Waals surface area contributed by atoms with E-state index in [0.717, 1.165) is 26.1 Å². The molecule has 1 aromatic carbocycles. The highest BCUT2D eigenvalue weighted by Crippen LogP contribution is 2.44. The predicted octanol–water partition coefficient (Wildman–Crippen LogP) is 4.66. The lowest BCUT2D eigenvalue weighted by molar-refractivity contribution is -0.257. The van der Waals surface area contributed by atoms with E-state index in [9.17, 15) is 0 Å². The Bertz CT molecular complexity index is 551. The van der Waals surface area contributed by atoms with Crippen LogP contribution in [0.25, 0.3) is 0 Å². The zero-order chi connectivity index (χ0) is 19.1. The quantitative estimate of drug-likeness (QED) is 0.604. The van der Waals surface area contributed by atoms with Crippen LogP contribution in [0.4, 0.5) is 0 Å². The molecule has 4 nitrogen and oxygen atoms in total. The van der Waals surface area contributed by atoms with E-state index in [1.165, 1.54) is 62.7 Å². The number of aryl methyl sites for hydroxylation is 1. The minimum Gasteiger partial charge on any atom is -0.369 e. The molecule has 1 N–H and O–H groups in total. The van der Waals surface area contributed by atoms with Gasteiger partial charge in [0.1, 0.15) is 11.8 Å². The van der Waals surface area contributed by atoms with E-state index in [1.54, 1.807) is 0 Å². The maximum Gasteiger partial charge on any atom is 0.117 e. The average Bonchev–Trinajstić information content (AvgIpc) is 2.68. The first-order chi connectivity index (χ1) is 13.2. The fraction of sp³-hybridized carbons (Fsp3) is 0.739. The summed E-state index contributed by atoms with van der Waals surface area (Å²) >= 11 is 0. The molecule has 2 aliphatic rings. The highest BCUT2D eigenvalue weighted by molar-refractivity contribution is 5.27. The summed E-state index contributed by atoms with van der Waals surface area (Å²) in [5, 5.41) is 9.12. The van der Waals surface area contributed by atoms with E-state index >= 15 is 0 Å². The van der Waals surface area contributed by atoms with Crippen LogP contribution in [0.2, 0.25) is 0 Å². The summed E-state index contributed by atoms with van der Waals surface area (Å²) in [5.74, 6) is 0. The number of hydrogen-bond donors (Lipinski definition) is 1. The zero-order valence-corrected chi connectivity index (χ0v) is 17.7. The Kier molecular flexibility index (Phi) is 7.71. The molecule has 152 valence electrons.